The Bertz CT molecular complexity index is 587. The lowest BCUT2D eigenvalue weighted by atomic mass is 9.98. The number of hydrogen-bond acceptors (Lipinski definition) is 5. The summed E-state index contributed by atoms with van der Waals surface area (Å²) in [4.78, 5) is 19.9. The molecule has 2 rings (SSSR count). The number of ketones is 1. The lowest BCUT2D eigenvalue weighted by molar-refractivity contribution is -0.112. The van der Waals surface area contributed by atoms with Crippen molar-refractivity contribution in [3.8, 4) is 0 Å². The highest BCUT2D eigenvalue weighted by Crippen LogP contribution is 2.22. The maximum absolute atomic E-state index is 11.6. The van der Waals surface area contributed by atoms with Crippen LogP contribution in [0.2, 0.25) is 0 Å². The van der Waals surface area contributed by atoms with E-state index in [0.717, 1.165) is 0 Å². The molecule has 92 valence electrons. The highest BCUT2D eigenvalue weighted by molar-refractivity contribution is 6.21. The molecule has 1 aromatic rings. The molecule has 4 N–H and O–H groups in total. The summed E-state index contributed by atoms with van der Waals surface area (Å²) in [5.74, 6) is 0.669. The second-order valence-corrected chi connectivity index (χ2v) is 4.16. The Hall–Kier alpha value is -2.43. The first-order chi connectivity index (χ1) is 8.47. The summed E-state index contributed by atoms with van der Waals surface area (Å²) in [5, 5.41) is 0. The highest BCUT2D eigenvalue weighted by atomic mass is 16.1. The number of nitrogens with zero attached hydrogens (tertiary/aromatic N) is 2. The van der Waals surface area contributed by atoms with Crippen molar-refractivity contribution in [1.82, 2.24) is 4.98 Å². The smallest absolute Gasteiger partial charge is 0.184 e. The van der Waals surface area contributed by atoms with Crippen LogP contribution in [0.3, 0.4) is 0 Å². The summed E-state index contributed by atoms with van der Waals surface area (Å²) in [6.45, 7) is 3.53. The normalized spacial score (nSPS) is 15.2. The molecule has 0 atom stereocenters. The SMILES string of the molecule is CC1=CC(=Nc2ccc(N)nc2N)C=C(C)C1=O. The van der Waals surface area contributed by atoms with E-state index in [1.165, 1.54) is 0 Å². The summed E-state index contributed by atoms with van der Waals surface area (Å²) in [6.07, 6.45) is 3.45. The lowest BCUT2D eigenvalue weighted by Gasteiger charge is -2.09. The zero-order chi connectivity index (χ0) is 13.3. The minimum atomic E-state index is 0.0392. The number of rotatable bonds is 1. The molecule has 5 nitrogen and oxygen atoms in total. The van der Waals surface area contributed by atoms with E-state index in [1.54, 1.807) is 38.1 Å². The van der Waals surface area contributed by atoms with E-state index in [9.17, 15) is 4.79 Å². The van der Waals surface area contributed by atoms with E-state index in [2.05, 4.69) is 9.98 Å². The molecular weight excluding hydrogens is 228 g/mol. The van der Waals surface area contributed by atoms with Gasteiger partial charge in [0.2, 0.25) is 0 Å². The molecule has 0 fully saturated rings. The van der Waals surface area contributed by atoms with Gasteiger partial charge in [0.1, 0.15) is 11.5 Å². The maximum atomic E-state index is 11.6. The zero-order valence-electron chi connectivity index (χ0n) is 10.3. The first-order valence-electron chi connectivity index (χ1n) is 5.49. The molecule has 1 aliphatic carbocycles. The third-order valence-electron chi connectivity index (χ3n) is 2.62. The van der Waals surface area contributed by atoms with Crippen LogP contribution in [0, 0.1) is 0 Å². The first kappa shape index (κ1) is 12.0. The Kier molecular flexibility index (Phi) is 2.97. The summed E-state index contributed by atoms with van der Waals surface area (Å²) >= 11 is 0. The van der Waals surface area contributed by atoms with Crippen molar-refractivity contribution in [3.05, 3.63) is 35.4 Å². The van der Waals surface area contributed by atoms with E-state index in [1.807, 2.05) is 0 Å². The molecule has 1 aliphatic rings. The van der Waals surface area contributed by atoms with Crippen LogP contribution in [-0.2, 0) is 4.79 Å². The average molecular weight is 242 g/mol. The Labute approximate surface area is 105 Å². The Morgan fingerprint density at radius 2 is 1.72 bits per heavy atom. The number of carbonyl (C=O) groups is 1. The molecule has 0 bridgehead atoms. The molecule has 1 heterocycles. The largest absolute Gasteiger partial charge is 0.384 e. The van der Waals surface area contributed by atoms with Gasteiger partial charge in [-0.25, -0.2) is 9.98 Å². The number of nitrogens with two attached hydrogens (primary N) is 2. The van der Waals surface area contributed by atoms with Crippen molar-refractivity contribution in [2.24, 2.45) is 4.99 Å². The molecular formula is C13H14N4O. The van der Waals surface area contributed by atoms with Gasteiger partial charge in [0, 0.05) is 0 Å². The number of aliphatic imine (C=N–C) groups is 1. The Balaban J connectivity index is 2.43. The first-order valence-corrected chi connectivity index (χ1v) is 5.49. The molecule has 0 amide bonds. The van der Waals surface area contributed by atoms with Crippen LogP contribution >= 0.6 is 0 Å². The molecule has 0 spiro atoms. The lowest BCUT2D eigenvalue weighted by Crippen LogP contribution is -2.10. The summed E-state index contributed by atoms with van der Waals surface area (Å²) in [6, 6.07) is 3.34. The van der Waals surface area contributed by atoms with Crippen molar-refractivity contribution in [1.29, 1.82) is 0 Å². The molecule has 5 heteroatoms. The van der Waals surface area contributed by atoms with E-state index in [0.29, 0.717) is 28.4 Å². The van der Waals surface area contributed by atoms with Crippen LogP contribution in [0.4, 0.5) is 17.3 Å². The third kappa shape index (κ3) is 2.29. The third-order valence-corrected chi connectivity index (χ3v) is 2.62. The quantitative estimate of drug-likeness (QED) is 0.734. The standard InChI is InChI=1S/C13H14N4O/c1-7-5-9(6-8(2)12(7)18)16-10-3-4-11(14)17-13(10)15/h3-6H,1-2H3,(H4,14,15,17). The van der Waals surface area contributed by atoms with Crippen molar-refractivity contribution < 1.29 is 4.79 Å². The number of carbonyl (C=O) groups excluding carboxylic acids is 1. The Morgan fingerprint density at radius 3 is 2.28 bits per heavy atom. The van der Waals surface area contributed by atoms with Gasteiger partial charge in [0.25, 0.3) is 0 Å². The Morgan fingerprint density at radius 1 is 1.11 bits per heavy atom. The van der Waals surface area contributed by atoms with Crippen LogP contribution in [0.1, 0.15) is 13.8 Å². The fraction of sp³-hybridized carbons (Fsp3) is 0.154. The molecule has 0 aliphatic heterocycles. The van der Waals surface area contributed by atoms with E-state index in [4.69, 9.17) is 11.5 Å². The van der Waals surface area contributed by atoms with E-state index < -0.39 is 0 Å². The molecule has 0 aromatic carbocycles. The van der Waals surface area contributed by atoms with Gasteiger partial charge in [-0.2, -0.15) is 0 Å². The van der Waals surface area contributed by atoms with Gasteiger partial charge < -0.3 is 11.5 Å². The van der Waals surface area contributed by atoms with Gasteiger partial charge in [-0.3, -0.25) is 4.79 Å². The van der Waals surface area contributed by atoms with Gasteiger partial charge in [0.05, 0.1) is 5.71 Å². The average Bonchev–Trinajstić information content (AvgIpc) is 2.29. The molecule has 18 heavy (non-hydrogen) atoms. The second kappa shape index (κ2) is 4.44. The number of aromatic nitrogens is 1. The molecule has 0 saturated heterocycles. The van der Waals surface area contributed by atoms with Crippen molar-refractivity contribution in [2.75, 3.05) is 11.5 Å². The number of hydrogen-bond donors (Lipinski definition) is 2. The molecule has 0 unspecified atom stereocenters. The van der Waals surface area contributed by atoms with Crippen LogP contribution < -0.4 is 11.5 Å². The number of pyridine rings is 1. The zero-order valence-corrected chi connectivity index (χ0v) is 10.3. The van der Waals surface area contributed by atoms with Crippen molar-refractivity contribution in [3.63, 3.8) is 0 Å². The summed E-state index contributed by atoms with van der Waals surface area (Å²) in [5.41, 5.74) is 13.8. The number of allylic oxidation sites excluding steroid dienone is 4. The predicted molar refractivity (Wildman–Crippen MR) is 72.7 cm³/mol. The fourth-order valence-electron chi connectivity index (χ4n) is 1.71. The minimum Gasteiger partial charge on any atom is -0.384 e. The molecule has 0 radical (unpaired) electrons. The van der Waals surface area contributed by atoms with E-state index >= 15 is 0 Å². The van der Waals surface area contributed by atoms with Gasteiger partial charge in [-0.15, -0.1) is 0 Å². The summed E-state index contributed by atoms with van der Waals surface area (Å²) in [7, 11) is 0. The molecule has 0 saturated carbocycles. The number of nitrogen functional groups attached to an aromatic ring is 2. The van der Waals surface area contributed by atoms with E-state index in [-0.39, 0.29) is 11.6 Å². The fourth-order valence-corrected chi connectivity index (χ4v) is 1.71. The van der Waals surface area contributed by atoms with Gasteiger partial charge >= 0.3 is 0 Å². The number of Topliss-reactive ketones (excluding diaryl/α,β-unsaturated/α-hetero) is 1. The number of anilines is 2. The minimum absolute atomic E-state index is 0.0392. The van der Waals surface area contributed by atoms with Gasteiger partial charge in [-0.1, -0.05) is 0 Å². The van der Waals surface area contributed by atoms with Crippen LogP contribution in [0.5, 0.6) is 0 Å². The maximum Gasteiger partial charge on any atom is 0.184 e. The van der Waals surface area contributed by atoms with Crippen molar-refractivity contribution in [2.45, 2.75) is 13.8 Å². The van der Waals surface area contributed by atoms with Crippen LogP contribution in [0.15, 0.2) is 40.4 Å². The van der Waals surface area contributed by atoms with Crippen molar-refractivity contribution >= 4 is 28.8 Å². The molecule has 1 aromatic heterocycles. The predicted octanol–water partition coefficient (Wildman–Crippen LogP) is 1.79. The van der Waals surface area contributed by atoms with Gasteiger partial charge in [0.15, 0.2) is 11.6 Å². The monoisotopic (exact) mass is 242 g/mol. The highest BCUT2D eigenvalue weighted by Gasteiger charge is 2.13. The summed E-state index contributed by atoms with van der Waals surface area (Å²) < 4.78 is 0. The van der Waals surface area contributed by atoms with Crippen LogP contribution in [-0.4, -0.2) is 16.5 Å². The van der Waals surface area contributed by atoms with Crippen LogP contribution in [0.25, 0.3) is 0 Å². The van der Waals surface area contributed by atoms with Gasteiger partial charge in [-0.05, 0) is 49.3 Å². The topological polar surface area (TPSA) is 94.4 Å². The second-order valence-electron chi connectivity index (χ2n) is 4.16.